The maximum absolute atomic E-state index is 12.0. The highest BCUT2D eigenvalue weighted by Gasteiger charge is 2.35. The van der Waals surface area contributed by atoms with Gasteiger partial charge in [-0.1, -0.05) is 19.3 Å². The number of nitrogens with zero attached hydrogens (tertiary/aromatic N) is 1. The van der Waals surface area contributed by atoms with Crippen molar-refractivity contribution in [3.8, 4) is 0 Å². The number of amides is 1. The summed E-state index contributed by atoms with van der Waals surface area (Å²) in [5, 5.41) is 0. The van der Waals surface area contributed by atoms with Gasteiger partial charge in [0.05, 0.1) is 6.04 Å². The van der Waals surface area contributed by atoms with E-state index in [1.54, 1.807) is 6.92 Å². The highest BCUT2D eigenvalue weighted by molar-refractivity contribution is 5.81. The summed E-state index contributed by atoms with van der Waals surface area (Å²) in [4.78, 5) is 14.1. The Morgan fingerprint density at radius 3 is 2.38 bits per heavy atom. The Balaban J connectivity index is 1.89. The Morgan fingerprint density at radius 2 is 1.88 bits per heavy atom. The lowest BCUT2D eigenvalue weighted by Crippen LogP contribution is -2.45. The van der Waals surface area contributed by atoms with Crippen LogP contribution in [-0.2, 0) is 4.79 Å². The molecule has 0 aliphatic heterocycles. The van der Waals surface area contributed by atoms with Crippen molar-refractivity contribution >= 4 is 5.91 Å². The van der Waals surface area contributed by atoms with E-state index in [1.165, 1.54) is 44.9 Å². The standard InChI is InChI=1S/C13H24N2O/c1-10(14)13(16)15(12-7-8-12)9-11-5-3-2-4-6-11/h10-12H,2-9,14H2,1H3. The number of carbonyl (C=O) groups excluding carboxylic acids is 1. The molecule has 2 saturated carbocycles. The van der Waals surface area contributed by atoms with Gasteiger partial charge in [0.25, 0.3) is 0 Å². The Bertz CT molecular complexity index is 242. The van der Waals surface area contributed by atoms with Gasteiger partial charge in [0, 0.05) is 12.6 Å². The summed E-state index contributed by atoms with van der Waals surface area (Å²) in [6.45, 7) is 2.77. The van der Waals surface area contributed by atoms with Gasteiger partial charge in [-0.15, -0.1) is 0 Å². The molecule has 1 amide bonds. The molecule has 3 heteroatoms. The van der Waals surface area contributed by atoms with E-state index in [0.29, 0.717) is 6.04 Å². The van der Waals surface area contributed by atoms with Crippen LogP contribution in [0, 0.1) is 5.92 Å². The van der Waals surface area contributed by atoms with Crippen molar-refractivity contribution < 1.29 is 4.79 Å². The van der Waals surface area contributed by atoms with E-state index in [9.17, 15) is 4.79 Å². The molecule has 2 aliphatic rings. The maximum Gasteiger partial charge on any atom is 0.239 e. The first-order valence-corrected chi connectivity index (χ1v) is 6.74. The monoisotopic (exact) mass is 224 g/mol. The summed E-state index contributed by atoms with van der Waals surface area (Å²) in [6.07, 6.45) is 9.04. The lowest BCUT2D eigenvalue weighted by atomic mass is 9.89. The summed E-state index contributed by atoms with van der Waals surface area (Å²) < 4.78 is 0. The number of nitrogens with two attached hydrogens (primary N) is 1. The van der Waals surface area contributed by atoms with E-state index in [1.807, 2.05) is 0 Å². The van der Waals surface area contributed by atoms with Crippen molar-refractivity contribution in [3.05, 3.63) is 0 Å². The molecule has 2 aliphatic carbocycles. The van der Waals surface area contributed by atoms with Crippen molar-refractivity contribution in [2.45, 2.75) is 64.0 Å². The SMILES string of the molecule is CC(N)C(=O)N(CC1CCCCC1)C1CC1. The third-order valence-electron chi connectivity index (χ3n) is 3.84. The molecule has 1 atom stereocenters. The van der Waals surface area contributed by atoms with Gasteiger partial charge in [0.2, 0.25) is 5.91 Å². The van der Waals surface area contributed by atoms with Gasteiger partial charge < -0.3 is 10.6 Å². The van der Waals surface area contributed by atoms with E-state index >= 15 is 0 Å². The first-order chi connectivity index (χ1) is 7.68. The Hall–Kier alpha value is -0.570. The third-order valence-corrected chi connectivity index (χ3v) is 3.84. The first kappa shape index (κ1) is 11.9. The first-order valence-electron chi connectivity index (χ1n) is 6.74. The molecule has 0 saturated heterocycles. The van der Waals surface area contributed by atoms with Gasteiger partial charge >= 0.3 is 0 Å². The van der Waals surface area contributed by atoms with Crippen LogP contribution < -0.4 is 5.73 Å². The van der Waals surface area contributed by atoms with Crippen LogP contribution in [0.2, 0.25) is 0 Å². The topological polar surface area (TPSA) is 46.3 Å². The normalized spacial score (nSPS) is 24.1. The minimum absolute atomic E-state index is 0.160. The van der Waals surface area contributed by atoms with Crippen molar-refractivity contribution in [3.63, 3.8) is 0 Å². The lowest BCUT2D eigenvalue weighted by Gasteiger charge is -2.31. The number of hydrogen-bond donors (Lipinski definition) is 1. The third kappa shape index (κ3) is 2.97. The Kier molecular flexibility index (Phi) is 3.85. The average Bonchev–Trinajstić information content (AvgIpc) is 3.10. The lowest BCUT2D eigenvalue weighted by molar-refractivity contribution is -0.133. The summed E-state index contributed by atoms with van der Waals surface area (Å²) in [6, 6.07) is 0.185. The second kappa shape index (κ2) is 5.17. The molecule has 0 heterocycles. The van der Waals surface area contributed by atoms with Gasteiger partial charge in [0.15, 0.2) is 0 Å². The molecule has 2 fully saturated rings. The van der Waals surface area contributed by atoms with Crippen LogP contribution in [0.5, 0.6) is 0 Å². The predicted molar refractivity (Wildman–Crippen MR) is 65.0 cm³/mol. The number of rotatable bonds is 4. The van der Waals surface area contributed by atoms with Gasteiger partial charge in [-0.25, -0.2) is 0 Å². The largest absolute Gasteiger partial charge is 0.338 e. The van der Waals surface area contributed by atoms with Gasteiger partial charge in [-0.3, -0.25) is 4.79 Å². The molecule has 0 spiro atoms. The molecule has 92 valence electrons. The number of hydrogen-bond acceptors (Lipinski definition) is 2. The molecule has 0 aromatic heterocycles. The van der Waals surface area contributed by atoms with Crippen LogP contribution in [0.3, 0.4) is 0 Å². The fourth-order valence-corrected chi connectivity index (χ4v) is 2.71. The second-order valence-corrected chi connectivity index (χ2v) is 5.51. The molecule has 0 aromatic rings. The van der Waals surface area contributed by atoms with Crippen LogP contribution in [0.15, 0.2) is 0 Å². The minimum atomic E-state index is -0.329. The van der Waals surface area contributed by atoms with E-state index < -0.39 is 0 Å². The summed E-state index contributed by atoms with van der Waals surface area (Å²) in [7, 11) is 0. The van der Waals surface area contributed by atoms with Crippen LogP contribution in [0.1, 0.15) is 51.9 Å². The minimum Gasteiger partial charge on any atom is -0.338 e. The Labute approximate surface area is 98.4 Å². The van der Waals surface area contributed by atoms with Crippen LogP contribution in [0.25, 0.3) is 0 Å². The molecule has 0 bridgehead atoms. The quantitative estimate of drug-likeness (QED) is 0.793. The summed E-state index contributed by atoms with van der Waals surface area (Å²) >= 11 is 0. The summed E-state index contributed by atoms with van der Waals surface area (Å²) in [5.74, 6) is 0.894. The second-order valence-electron chi connectivity index (χ2n) is 5.51. The van der Waals surface area contributed by atoms with E-state index in [0.717, 1.165) is 12.5 Å². The van der Waals surface area contributed by atoms with Crippen LogP contribution in [-0.4, -0.2) is 29.4 Å². The van der Waals surface area contributed by atoms with Gasteiger partial charge in [-0.05, 0) is 38.5 Å². The highest BCUT2D eigenvalue weighted by Crippen LogP contribution is 2.31. The van der Waals surface area contributed by atoms with E-state index in [-0.39, 0.29) is 11.9 Å². The fraction of sp³-hybridized carbons (Fsp3) is 0.923. The predicted octanol–water partition coefficient (Wildman–Crippen LogP) is 1.90. The molecule has 3 nitrogen and oxygen atoms in total. The van der Waals surface area contributed by atoms with Crippen molar-refractivity contribution in [1.82, 2.24) is 4.90 Å². The zero-order valence-electron chi connectivity index (χ0n) is 10.3. The zero-order valence-corrected chi connectivity index (χ0v) is 10.3. The van der Waals surface area contributed by atoms with Crippen molar-refractivity contribution in [1.29, 1.82) is 0 Å². The van der Waals surface area contributed by atoms with Gasteiger partial charge in [0.1, 0.15) is 0 Å². The molecule has 2 N–H and O–H groups in total. The maximum atomic E-state index is 12.0. The molecule has 0 radical (unpaired) electrons. The molecular weight excluding hydrogens is 200 g/mol. The van der Waals surface area contributed by atoms with Crippen molar-refractivity contribution in [2.75, 3.05) is 6.54 Å². The van der Waals surface area contributed by atoms with E-state index in [2.05, 4.69) is 4.90 Å². The van der Waals surface area contributed by atoms with Crippen LogP contribution >= 0.6 is 0 Å². The molecular formula is C13H24N2O. The van der Waals surface area contributed by atoms with Crippen LogP contribution in [0.4, 0.5) is 0 Å². The average molecular weight is 224 g/mol. The summed E-state index contributed by atoms with van der Waals surface area (Å²) in [5.41, 5.74) is 5.72. The van der Waals surface area contributed by atoms with Gasteiger partial charge in [-0.2, -0.15) is 0 Å². The fourth-order valence-electron chi connectivity index (χ4n) is 2.71. The molecule has 16 heavy (non-hydrogen) atoms. The van der Waals surface area contributed by atoms with Crippen molar-refractivity contribution in [2.24, 2.45) is 11.7 Å². The molecule has 1 unspecified atom stereocenters. The molecule has 0 aromatic carbocycles. The smallest absolute Gasteiger partial charge is 0.239 e. The highest BCUT2D eigenvalue weighted by atomic mass is 16.2. The zero-order chi connectivity index (χ0) is 11.5. The Morgan fingerprint density at radius 1 is 1.25 bits per heavy atom. The molecule has 2 rings (SSSR count). The number of carbonyl (C=O) groups is 1. The van der Waals surface area contributed by atoms with E-state index in [4.69, 9.17) is 5.73 Å².